The van der Waals surface area contributed by atoms with Crippen LogP contribution in [0.2, 0.25) is 0 Å². The normalized spacial score (nSPS) is 17.0. The van der Waals surface area contributed by atoms with Crippen LogP contribution in [0.3, 0.4) is 0 Å². The number of para-hydroxylation sites is 2. The maximum atomic E-state index is 6.08. The van der Waals surface area contributed by atoms with Crippen LogP contribution >= 0.6 is 22.7 Å². The summed E-state index contributed by atoms with van der Waals surface area (Å²) < 4.78 is 12.2. The summed E-state index contributed by atoms with van der Waals surface area (Å²) in [5.41, 5.74) is 6.71. The second kappa shape index (κ2) is 15.8. The van der Waals surface area contributed by atoms with Crippen LogP contribution in [0.4, 0.5) is 11.4 Å². The Morgan fingerprint density at radius 2 is 0.922 bits per heavy atom. The standard InChI is InChI=1S/C43H40N4O2S2/c1-4-12-34(13-5-1)46-40(42-16-10-28-50-42)30-38(44-46)32-18-22-36(23-19-32)48-26-8-3-9-27-49-37-24-20-33(21-25-37)39-31-41(43-17-11-29-51-43)47(45-39)35-14-6-2-7-15-35/h1-2,4-7,10-25,28-29,40-41H,3,8-9,26-27,30-31H2/t40-,41+. The topological polar surface area (TPSA) is 49.7 Å². The number of rotatable bonds is 14. The number of anilines is 2. The number of nitrogens with zero attached hydrogens (tertiary/aromatic N) is 4. The van der Waals surface area contributed by atoms with Crippen molar-refractivity contribution in [2.45, 2.75) is 44.2 Å². The van der Waals surface area contributed by atoms with Crippen molar-refractivity contribution in [3.8, 4) is 11.5 Å². The molecule has 0 saturated carbocycles. The van der Waals surface area contributed by atoms with Gasteiger partial charge in [-0.15, -0.1) is 22.7 Å². The lowest BCUT2D eigenvalue weighted by Gasteiger charge is -2.22. The summed E-state index contributed by atoms with van der Waals surface area (Å²) in [5.74, 6) is 1.78. The summed E-state index contributed by atoms with van der Waals surface area (Å²) in [7, 11) is 0. The number of hydrogen-bond donors (Lipinski definition) is 0. The molecule has 6 aromatic rings. The van der Waals surface area contributed by atoms with E-state index in [4.69, 9.17) is 19.7 Å². The zero-order valence-corrected chi connectivity index (χ0v) is 30.0. The second-order valence-electron chi connectivity index (χ2n) is 12.7. The molecule has 0 radical (unpaired) electrons. The maximum absolute atomic E-state index is 6.08. The molecule has 51 heavy (non-hydrogen) atoms. The highest BCUT2D eigenvalue weighted by Crippen LogP contribution is 2.40. The van der Waals surface area contributed by atoms with E-state index in [-0.39, 0.29) is 12.1 Å². The van der Waals surface area contributed by atoms with Gasteiger partial charge in [-0.05, 0) is 126 Å². The lowest BCUT2D eigenvalue weighted by Crippen LogP contribution is -2.17. The fraction of sp³-hybridized carbons (Fsp3) is 0.209. The van der Waals surface area contributed by atoms with Crippen molar-refractivity contribution < 1.29 is 9.47 Å². The minimum absolute atomic E-state index is 0.213. The Labute approximate surface area is 307 Å². The van der Waals surface area contributed by atoms with Gasteiger partial charge in [0.25, 0.3) is 0 Å². The number of unbranched alkanes of at least 4 members (excludes halogenated alkanes) is 2. The molecular formula is C43H40N4O2S2. The number of benzene rings is 4. The van der Waals surface area contributed by atoms with Crippen LogP contribution in [0, 0.1) is 0 Å². The molecule has 2 aliphatic heterocycles. The smallest absolute Gasteiger partial charge is 0.119 e. The number of hydrazone groups is 2. The molecule has 0 fully saturated rings. The maximum Gasteiger partial charge on any atom is 0.119 e. The first-order valence-electron chi connectivity index (χ1n) is 17.7. The summed E-state index contributed by atoms with van der Waals surface area (Å²) in [5, 5.41) is 18.7. The fourth-order valence-corrected chi connectivity index (χ4v) is 8.28. The van der Waals surface area contributed by atoms with Crippen LogP contribution in [-0.4, -0.2) is 24.6 Å². The minimum Gasteiger partial charge on any atom is -0.494 e. The molecule has 0 saturated heterocycles. The fourth-order valence-electron chi connectivity index (χ4n) is 6.66. The van der Waals surface area contributed by atoms with Gasteiger partial charge in [-0.25, -0.2) is 0 Å². The van der Waals surface area contributed by atoms with Gasteiger partial charge >= 0.3 is 0 Å². The van der Waals surface area contributed by atoms with E-state index in [0.29, 0.717) is 13.2 Å². The minimum atomic E-state index is 0.213. The van der Waals surface area contributed by atoms with E-state index in [2.05, 4.69) is 142 Å². The summed E-state index contributed by atoms with van der Waals surface area (Å²) in [6, 6.07) is 46.7. The Kier molecular flexibility index (Phi) is 10.2. The predicted octanol–water partition coefficient (Wildman–Crippen LogP) is 11.1. The SMILES string of the molecule is c1ccc(N2N=C(c3ccc(OCCCCCOc4ccc(C5=NN(c6ccccc6)[C@H](c6cccs6)C5)cc4)cc3)C[C@@H]2c2cccs2)cc1. The van der Waals surface area contributed by atoms with Crippen molar-refractivity contribution in [1.29, 1.82) is 0 Å². The molecule has 6 nitrogen and oxygen atoms in total. The first-order valence-corrected chi connectivity index (χ1v) is 19.4. The van der Waals surface area contributed by atoms with Gasteiger partial charge in [0.2, 0.25) is 0 Å². The first kappa shape index (κ1) is 33.0. The molecule has 2 atom stereocenters. The third kappa shape index (κ3) is 7.77. The molecule has 8 rings (SSSR count). The van der Waals surface area contributed by atoms with E-state index in [1.807, 2.05) is 12.1 Å². The lowest BCUT2D eigenvalue weighted by molar-refractivity contribution is 0.279. The van der Waals surface area contributed by atoms with Gasteiger partial charge in [-0.1, -0.05) is 48.5 Å². The summed E-state index contributed by atoms with van der Waals surface area (Å²) in [6.45, 7) is 1.37. The van der Waals surface area contributed by atoms with Crippen LogP contribution in [0.1, 0.15) is 65.1 Å². The number of hydrogen-bond acceptors (Lipinski definition) is 8. The van der Waals surface area contributed by atoms with Gasteiger partial charge in [0, 0.05) is 22.6 Å². The van der Waals surface area contributed by atoms with Crippen LogP contribution in [0.25, 0.3) is 0 Å². The average molecular weight is 709 g/mol. The van der Waals surface area contributed by atoms with Crippen molar-refractivity contribution >= 4 is 45.5 Å². The zero-order valence-electron chi connectivity index (χ0n) is 28.4. The Morgan fingerprint density at radius 3 is 1.31 bits per heavy atom. The molecule has 0 aliphatic carbocycles. The Hall–Kier alpha value is -5.18. The van der Waals surface area contributed by atoms with Crippen molar-refractivity contribution in [3.05, 3.63) is 165 Å². The monoisotopic (exact) mass is 708 g/mol. The molecule has 4 aromatic carbocycles. The summed E-state index contributed by atoms with van der Waals surface area (Å²) >= 11 is 3.58. The third-order valence-corrected chi connectivity index (χ3v) is 11.3. The molecule has 2 aliphatic rings. The van der Waals surface area contributed by atoms with Crippen molar-refractivity contribution in [2.24, 2.45) is 10.2 Å². The molecular weight excluding hydrogens is 669 g/mol. The highest BCUT2D eigenvalue weighted by Gasteiger charge is 2.31. The summed E-state index contributed by atoms with van der Waals surface area (Å²) in [6.07, 6.45) is 4.76. The van der Waals surface area contributed by atoms with E-state index >= 15 is 0 Å². The van der Waals surface area contributed by atoms with Crippen molar-refractivity contribution in [3.63, 3.8) is 0 Å². The van der Waals surface area contributed by atoms with E-state index in [0.717, 1.165) is 77.5 Å². The van der Waals surface area contributed by atoms with E-state index in [1.165, 1.54) is 9.75 Å². The van der Waals surface area contributed by atoms with Crippen LogP contribution < -0.4 is 19.5 Å². The lowest BCUT2D eigenvalue weighted by atomic mass is 10.0. The van der Waals surface area contributed by atoms with E-state index in [9.17, 15) is 0 Å². The van der Waals surface area contributed by atoms with Gasteiger partial charge in [-0.2, -0.15) is 10.2 Å². The average Bonchev–Trinajstić information content (AvgIpc) is 4.03. The number of thiophene rings is 2. The molecule has 0 bridgehead atoms. The van der Waals surface area contributed by atoms with Gasteiger partial charge in [0.05, 0.1) is 48.1 Å². The van der Waals surface area contributed by atoms with Gasteiger partial charge in [0.15, 0.2) is 0 Å². The summed E-state index contributed by atoms with van der Waals surface area (Å²) in [4.78, 5) is 2.66. The van der Waals surface area contributed by atoms with Crippen molar-refractivity contribution in [1.82, 2.24) is 0 Å². The highest BCUT2D eigenvalue weighted by molar-refractivity contribution is 7.10. The molecule has 0 spiro atoms. The second-order valence-corrected chi connectivity index (χ2v) is 14.7. The van der Waals surface area contributed by atoms with Gasteiger partial charge < -0.3 is 9.47 Å². The van der Waals surface area contributed by atoms with Crippen LogP contribution in [0.5, 0.6) is 11.5 Å². The molecule has 256 valence electrons. The largest absolute Gasteiger partial charge is 0.494 e. The van der Waals surface area contributed by atoms with E-state index in [1.54, 1.807) is 22.7 Å². The Balaban J connectivity index is 0.780. The van der Waals surface area contributed by atoms with E-state index < -0.39 is 0 Å². The highest BCUT2D eigenvalue weighted by atomic mass is 32.1. The quantitative estimate of drug-likeness (QED) is 0.106. The van der Waals surface area contributed by atoms with Crippen LogP contribution in [-0.2, 0) is 0 Å². The molecule has 4 heterocycles. The molecule has 2 aromatic heterocycles. The molecule has 8 heteroatoms. The molecule has 0 unspecified atom stereocenters. The Bertz CT molecular complexity index is 1880. The molecule has 0 amide bonds. The van der Waals surface area contributed by atoms with Crippen molar-refractivity contribution in [2.75, 3.05) is 23.2 Å². The molecule has 0 N–H and O–H groups in total. The first-order chi connectivity index (χ1) is 25.3. The Morgan fingerprint density at radius 1 is 0.490 bits per heavy atom. The third-order valence-electron chi connectivity index (χ3n) is 9.31. The van der Waals surface area contributed by atoms with Crippen LogP contribution in [0.15, 0.2) is 154 Å². The van der Waals surface area contributed by atoms with Gasteiger partial charge in [-0.3, -0.25) is 10.0 Å². The zero-order chi connectivity index (χ0) is 34.2. The number of ether oxygens (including phenoxy) is 2. The van der Waals surface area contributed by atoms with Gasteiger partial charge in [0.1, 0.15) is 11.5 Å². The predicted molar refractivity (Wildman–Crippen MR) is 212 cm³/mol.